The largest absolute Gasteiger partial charge is 0.444 e. The Labute approximate surface area is 188 Å². The molecule has 0 unspecified atom stereocenters. The number of aliphatic imine (C=N–C) groups is 1. The van der Waals surface area contributed by atoms with Crippen LogP contribution < -0.4 is 10.6 Å². The molecule has 0 aliphatic heterocycles. The fourth-order valence-electron chi connectivity index (χ4n) is 3.46. The molecule has 1 heterocycles. The van der Waals surface area contributed by atoms with Crippen LogP contribution in [0.15, 0.2) is 39.9 Å². The zero-order valence-corrected chi connectivity index (χ0v) is 19.4. The van der Waals surface area contributed by atoms with Crippen molar-refractivity contribution in [2.24, 2.45) is 10.4 Å². The molecule has 1 aliphatic carbocycles. The molecular weight excluding hydrogens is 486 g/mol. The molecule has 2 aromatic rings. The first kappa shape index (κ1) is 23.6. The van der Waals surface area contributed by atoms with Crippen LogP contribution in [0.2, 0.25) is 0 Å². The van der Waals surface area contributed by atoms with Gasteiger partial charge in [-0.3, -0.25) is 4.99 Å². The van der Waals surface area contributed by atoms with Crippen LogP contribution in [-0.2, 0) is 11.2 Å². The van der Waals surface area contributed by atoms with Gasteiger partial charge in [-0.05, 0) is 48.9 Å². The molecule has 0 saturated heterocycles. The van der Waals surface area contributed by atoms with Crippen LogP contribution in [0.25, 0.3) is 11.5 Å². The van der Waals surface area contributed by atoms with Crippen LogP contribution in [0.1, 0.15) is 31.4 Å². The Bertz CT molecular complexity index is 775. The van der Waals surface area contributed by atoms with Crippen molar-refractivity contribution in [2.45, 2.75) is 32.1 Å². The summed E-state index contributed by atoms with van der Waals surface area (Å²) in [6, 6.07) is 6.12. The number of nitrogens with one attached hydrogen (secondary N) is 2. The molecule has 0 radical (unpaired) electrons. The van der Waals surface area contributed by atoms with E-state index in [1.165, 1.54) is 31.4 Å². The number of hydrogen-bond acceptors (Lipinski definition) is 4. The lowest BCUT2D eigenvalue weighted by Crippen LogP contribution is -2.47. The van der Waals surface area contributed by atoms with Gasteiger partial charge in [0.2, 0.25) is 5.89 Å². The van der Waals surface area contributed by atoms with E-state index >= 15 is 0 Å². The van der Waals surface area contributed by atoms with E-state index in [2.05, 4.69) is 20.6 Å². The van der Waals surface area contributed by atoms with E-state index in [0.29, 0.717) is 24.3 Å². The smallest absolute Gasteiger partial charge is 0.226 e. The highest BCUT2D eigenvalue weighted by molar-refractivity contribution is 14.0. The van der Waals surface area contributed by atoms with Gasteiger partial charge in [0.05, 0.1) is 5.69 Å². The Kier molecular flexibility index (Phi) is 9.35. The van der Waals surface area contributed by atoms with Crippen molar-refractivity contribution in [3.8, 4) is 11.5 Å². The number of ether oxygens (including phenoxy) is 1. The van der Waals surface area contributed by atoms with Crippen LogP contribution in [-0.4, -0.2) is 44.8 Å². The van der Waals surface area contributed by atoms with Crippen molar-refractivity contribution in [1.29, 1.82) is 0 Å². The van der Waals surface area contributed by atoms with Gasteiger partial charge < -0.3 is 19.8 Å². The lowest BCUT2D eigenvalue weighted by atomic mass is 9.67. The average molecular weight is 516 g/mol. The van der Waals surface area contributed by atoms with Gasteiger partial charge in [-0.1, -0.05) is 6.42 Å². The second-order valence-electron chi connectivity index (χ2n) is 7.35. The van der Waals surface area contributed by atoms with Crippen molar-refractivity contribution in [3.05, 3.63) is 42.0 Å². The van der Waals surface area contributed by atoms with Crippen LogP contribution in [0.4, 0.5) is 4.39 Å². The summed E-state index contributed by atoms with van der Waals surface area (Å²) in [6.45, 7) is 2.41. The first-order chi connectivity index (χ1) is 13.6. The molecule has 0 bridgehead atoms. The van der Waals surface area contributed by atoms with Crippen LogP contribution in [0.5, 0.6) is 0 Å². The molecule has 2 N–H and O–H groups in total. The molecule has 0 atom stereocenters. The maximum atomic E-state index is 13.0. The molecule has 0 amide bonds. The van der Waals surface area contributed by atoms with Crippen molar-refractivity contribution >= 4 is 29.9 Å². The molecule has 0 spiro atoms. The lowest BCUT2D eigenvalue weighted by Gasteiger charge is -2.42. The summed E-state index contributed by atoms with van der Waals surface area (Å²) in [6.07, 6.45) is 7.21. The number of benzene rings is 1. The van der Waals surface area contributed by atoms with Crippen molar-refractivity contribution in [1.82, 2.24) is 15.6 Å². The third-order valence-corrected chi connectivity index (χ3v) is 5.42. The predicted molar refractivity (Wildman–Crippen MR) is 123 cm³/mol. The molecule has 8 heteroatoms. The normalized spacial score (nSPS) is 15.3. The minimum atomic E-state index is -0.274. The number of nitrogens with zero attached hydrogens (tertiary/aromatic N) is 2. The molecule has 1 fully saturated rings. The second-order valence-corrected chi connectivity index (χ2v) is 7.35. The number of rotatable bonds is 9. The molecule has 3 rings (SSSR count). The average Bonchev–Trinajstić information content (AvgIpc) is 3.14. The zero-order valence-electron chi connectivity index (χ0n) is 17.0. The third kappa shape index (κ3) is 6.67. The molecule has 1 aromatic heterocycles. The Balaban J connectivity index is 0.00000300. The van der Waals surface area contributed by atoms with E-state index in [1.54, 1.807) is 32.6 Å². The minimum Gasteiger partial charge on any atom is -0.444 e. The summed E-state index contributed by atoms with van der Waals surface area (Å²) in [5, 5.41) is 6.78. The number of aromatic nitrogens is 1. The summed E-state index contributed by atoms with van der Waals surface area (Å²) in [5.74, 6) is 1.03. The van der Waals surface area contributed by atoms with Crippen LogP contribution in [0, 0.1) is 11.2 Å². The number of methoxy groups -OCH3 is 1. The van der Waals surface area contributed by atoms with Crippen molar-refractivity contribution in [3.63, 3.8) is 0 Å². The molecule has 1 aliphatic rings. The lowest BCUT2D eigenvalue weighted by molar-refractivity contribution is 0.0732. The first-order valence-corrected chi connectivity index (χ1v) is 9.78. The maximum Gasteiger partial charge on any atom is 0.226 e. The highest BCUT2D eigenvalue weighted by Gasteiger charge is 2.36. The van der Waals surface area contributed by atoms with Crippen molar-refractivity contribution in [2.75, 3.05) is 33.9 Å². The highest BCUT2D eigenvalue weighted by Crippen LogP contribution is 2.43. The van der Waals surface area contributed by atoms with E-state index in [0.717, 1.165) is 36.8 Å². The summed E-state index contributed by atoms with van der Waals surface area (Å²) in [7, 11) is 3.53. The fourth-order valence-corrected chi connectivity index (χ4v) is 3.46. The van der Waals surface area contributed by atoms with E-state index in [-0.39, 0.29) is 29.8 Å². The summed E-state index contributed by atoms with van der Waals surface area (Å²) < 4.78 is 23.8. The van der Waals surface area contributed by atoms with Gasteiger partial charge in [-0.15, -0.1) is 24.0 Å². The molecular formula is C21H30FIN4O2. The Hall–Kier alpha value is -1.68. The van der Waals surface area contributed by atoms with Gasteiger partial charge in [0.1, 0.15) is 12.1 Å². The SMILES string of the molecule is CN=C(NCCc1coc(-c2ccc(F)cc2)n1)NCC1(CCOC)CCC1.I. The maximum absolute atomic E-state index is 13.0. The van der Waals surface area contributed by atoms with Gasteiger partial charge in [0.15, 0.2) is 5.96 Å². The van der Waals surface area contributed by atoms with Gasteiger partial charge in [-0.2, -0.15) is 0 Å². The molecule has 6 nitrogen and oxygen atoms in total. The van der Waals surface area contributed by atoms with Crippen LogP contribution in [0.3, 0.4) is 0 Å². The van der Waals surface area contributed by atoms with E-state index < -0.39 is 0 Å². The zero-order chi connectivity index (χ0) is 19.8. The molecule has 160 valence electrons. The number of halogens is 2. The van der Waals surface area contributed by atoms with Gasteiger partial charge in [-0.25, -0.2) is 9.37 Å². The molecule has 1 aromatic carbocycles. The quantitative estimate of drug-likeness (QED) is 0.300. The Morgan fingerprint density at radius 2 is 2.03 bits per heavy atom. The van der Waals surface area contributed by atoms with Gasteiger partial charge in [0.25, 0.3) is 0 Å². The number of hydrogen-bond donors (Lipinski definition) is 2. The van der Waals surface area contributed by atoms with E-state index in [9.17, 15) is 4.39 Å². The monoisotopic (exact) mass is 516 g/mol. The molecule has 29 heavy (non-hydrogen) atoms. The third-order valence-electron chi connectivity index (χ3n) is 5.42. The summed E-state index contributed by atoms with van der Waals surface area (Å²) >= 11 is 0. The Morgan fingerprint density at radius 3 is 2.66 bits per heavy atom. The van der Waals surface area contributed by atoms with Crippen LogP contribution >= 0.6 is 24.0 Å². The standard InChI is InChI=1S/C21H29FN4O2.HI/c1-23-20(25-15-21(9-3-10-21)11-13-27-2)24-12-8-18-14-28-19(26-18)16-4-6-17(22)7-5-16;/h4-7,14H,3,8-13,15H2,1-2H3,(H2,23,24,25);1H. The summed E-state index contributed by atoms with van der Waals surface area (Å²) in [5.41, 5.74) is 1.95. The Morgan fingerprint density at radius 1 is 1.28 bits per heavy atom. The number of oxazole rings is 1. The number of guanidine groups is 1. The van der Waals surface area contributed by atoms with Crippen molar-refractivity contribution < 1.29 is 13.5 Å². The molecule has 1 saturated carbocycles. The van der Waals surface area contributed by atoms with Gasteiger partial charge >= 0.3 is 0 Å². The highest BCUT2D eigenvalue weighted by atomic mass is 127. The van der Waals surface area contributed by atoms with Gasteiger partial charge in [0, 0.05) is 45.8 Å². The predicted octanol–water partition coefficient (Wildman–Crippen LogP) is 4.01. The van der Waals surface area contributed by atoms with E-state index in [4.69, 9.17) is 9.15 Å². The fraction of sp³-hybridized carbons (Fsp3) is 0.524. The minimum absolute atomic E-state index is 0. The second kappa shape index (κ2) is 11.5. The summed E-state index contributed by atoms with van der Waals surface area (Å²) in [4.78, 5) is 8.78. The van der Waals surface area contributed by atoms with E-state index in [1.807, 2.05) is 0 Å². The topological polar surface area (TPSA) is 71.7 Å². The first-order valence-electron chi connectivity index (χ1n) is 9.78.